The van der Waals surface area contributed by atoms with Crippen LogP contribution in [-0.2, 0) is 24.8 Å². The van der Waals surface area contributed by atoms with Crippen LogP contribution in [0.1, 0.15) is 11.1 Å². The Morgan fingerprint density at radius 2 is 2.14 bits per heavy atom. The number of hydrogen-bond donors (Lipinski definition) is 2. The predicted molar refractivity (Wildman–Crippen MR) is 82.2 cm³/mol. The van der Waals surface area contributed by atoms with Crippen LogP contribution in [-0.4, -0.2) is 33.7 Å². The molecule has 2 rings (SSSR count). The van der Waals surface area contributed by atoms with E-state index in [0.717, 1.165) is 29.8 Å². The Balaban J connectivity index is 2.00. The van der Waals surface area contributed by atoms with E-state index in [9.17, 15) is 4.79 Å². The second-order valence-electron chi connectivity index (χ2n) is 5.15. The van der Waals surface area contributed by atoms with Gasteiger partial charge in [-0.2, -0.15) is 5.10 Å². The maximum Gasteiger partial charge on any atom is 0.231 e. The average molecular weight is 287 g/mol. The number of para-hydroxylation sites is 1. The molecule has 0 saturated heterocycles. The third kappa shape index (κ3) is 4.61. The SMILES string of the molecule is Cn1cc(CCN(CC(N)=O)Cc2ccccc2N)cn1. The van der Waals surface area contributed by atoms with Crippen LogP contribution in [0.2, 0.25) is 0 Å². The van der Waals surface area contributed by atoms with Gasteiger partial charge in [0.1, 0.15) is 0 Å². The van der Waals surface area contributed by atoms with Crippen molar-refractivity contribution in [3.05, 3.63) is 47.8 Å². The normalized spacial score (nSPS) is 11.0. The number of benzene rings is 1. The molecular formula is C15H21N5O. The van der Waals surface area contributed by atoms with Crippen molar-refractivity contribution in [3.8, 4) is 0 Å². The molecule has 21 heavy (non-hydrogen) atoms. The third-order valence-electron chi connectivity index (χ3n) is 3.30. The molecule has 0 aliphatic rings. The zero-order valence-corrected chi connectivity index (χ0v) is 12.2. The van der Waals surface area contributed by atoms with Gasteiger partial charge in [-0.25, -0.2) is 0 Å². The van der Waals surface area contributed by atoms with E-state index in [1.54, 1.807) is 4.68 Å². The van der Waals surface area contributed by atoms with Crippen molar-refractivity contribution in [2.24, 2.45) is 12.8 Å². The van der Waals surface area contributed by atoms with Crippen LogP contribution in [0.15, 0.2) is 36.7 Å². The summed E-state index contributed by atoms with van der Waals surface area (Å²) in [5, 5.41) is 4.14. The molecule has 1 amide bonds. The van der Waals surface area contributed by atoms with E-state index in [-0.39, 0.29) is 12.5 Å². The number of nitrogens with two attached hydrogens (primary N) is 2. The number of carbonyl (C=O) groups excluding carboxylic acids is 1. The largest absolute Gasteiger partial charge is 0.398 e. The first-order valence-corrected chi connectivity index (χ1v) is 6.86. The van der Waals surface area contributed by atoms with Crippen LogP contribution in [0.5, 0.6) is 0 Å². The number of rotatable bonds is 7. The summed E-state index contributed by atoms with van der Waals surface area (Å²) in [6, 6.07) is 7.66. The Kier molecular flexibility index (Phi) is 4.94. The lowest BCUT2D eigenvalue weighted by Gasteiger charge is -2.21. The molecule has 0 fully saturated rings. The van der Waals surface area contributed by atoms with Gasteiger partial charge in [0.15, 0.2) is 0 Å². The first-order chi connectivity index (χ1) is 10.0. The van der Waals surface area contributed by atoms with Gasteiger partial charge >= 0.3 is 0 Å². The second kappa shape index (κ2) is 6.90. The molecule has 112 valence electrons. The lowest BCUT2D eigenvalue weighted by Crippen LogP contribution is -2.35. The Morgan fingerprint density at radius 3 is 2.76 bits per heavy atom. The number of carbonyl (C=O) groups is 1. The Morgan fingerprint density at radius 1 is 1.38 bits per heavy atom. The highest BCUT2D eigenvalue weighted by Crippen LogP contribution is 2.13. The van der Waals surface area contributed by atoms with E-state index in [4.69, 9.17) is 11.5 Å². The van der Waals surface area contributed by atoms with Crippen molar-refractivity contribution in [2.75, 3.05) is 18.8 Å². The molecule has 0 unspecified atom stereocenters. The standard InChI is InChI=1S/C15H21N5O/c1-19-9-12(8-18-19)6-7-20(11-15(17)21)10-13-4-2-3-5-14(13)16/h2-5,8-9H,6-7,10-11,16H2,1H3,(H2,17,21). The highest BCUT2D eigenvalue weighted by Gasteiger charge is 2.11. The van der Waals surface area contributed by atoms with Crippen molar-refractivity contribution in [3.63, 3.8) is 0 Å². The van der Waals surface area contributed by atoms with Crippen molar-refractivity contribution in [2.45, 2.75) is 13.0 Å². The summed E-state index contributed by atoms with van der Waals surface area (Å²) < 4.78 is 1.77. The van der Waals surface area contributed by atoms with Gasteiger partial charge in [-0.15, -0.1) is 0 Å². The van der Waals surface area contributed by atoms with Gasteiger partial charge in [0, 0.05) is 32.0 Å². The zero-order valence-electron chi connectivity index (χ0n) is 12.2. The lowest BCUT2D eigenvalue weighted by molar-refractivity contribution is -0.119. The molecule has 2 aromatic rings. The number of nitrogen functional groups attached to an aromatic ring is 1. The average Bonchev–Trinajstić information content (AvgIpc) is 2.84. The van der Waals surface area contributed by atoms with E-state index in [2.05, 4.69) is 5.10 Å². The Hall–Kier alpha value is -2.34. The van der Waals surface area contributed by atoms with Gasteiger partial charge in [-0.1, -0.05) is 18.2 Å². The van der Waals surface area contributed by atoms with Crippen LogP contribution in [0.4, 0.5) is 5.69 Å². The van der Waals surface area contributed by atoms with Crippen LogP contribution in [0.25, 0.3) is 0 Å². The lowest BCUT2D eigenvalue weighted by atomic mass is 10.1. The minimum atomic E-state index is -0.337. The number of hydrogen-bond acceptors (Lipinski definition) is 4. The number of primary amides is 1. The van der Waals surface area contributed by atoms with E-state index < -0.39 is 0 Å². The molecule has 1 aromatic heterocycles. The van der Waals surface area contributed by atoms with Gasteiger partial charge in [0.25, 0.3) is 0 Å². The van der Waals surface area contributed by atoms with Crippen LogP contribution < -0.4 is 11.5 Å². The minimum Gasteiger partial charge on any atom is -0.398 e. The Bertz CT molecular complexity index is 608. The first kappa shape index (κ1) is 15.1. The number of aromatic nitrogens is 2. The van der Waals surface area contributed by atoms with E-state index >= 15 is 0 Å². The van der Waals surface area contributed by atoms with Gasteiger partial charge in [0.2, 0.25) is 5.91 Å². The van der Waals surface area contributed by atoms with Crippen LogP contribution in [0.3, 0.4) is 0 Å². The van der Waals surface area contributed by atoms with E-state index in [0.29, 0.717) is 6.54 Å². The molecule has 0 radical (unpaired) electrons. The predicted octanol–water partition coefficient (Wildman–Crippen LogP) is 0.532. The Labute approximate surface area is 124 Å². The summed E-state index contributed by atoms with van der Waals surface area (Å²) in [6.45, 7) is 1.55. The van der Waals surface area contributed by atoms with Gasteiger partial charge in [0.05, 0.1) is 12.7 Å². The summed E-state index contributed by atoms with van der Waals surface area (Å²) in [6.07, 6.45) is 4.62. The maximum absolute atomic E-state index is 11.2. The van der Waals surface area contributed by atoms with E-state index in [1.807, 2.05) is 48.6 Å². The van der Waals surface area contributed by atoms with Crippen LogP contribution >= 0.6 is 0 Å². The summed E-state index contributed by atoms with van der Waals surface area (Å²) in [4.78, 5) is 13.2. The zero-order chi connectivity index (χ0) is 15.2. The molecule has 1 heterocycles. The van der Waals surface area contributed by atoms with Gasteiger partial charge in [-0.05, 0) is 23.6 Å². The molecule has 6 nitrogen and oxygen atoms in total. The molecule has 0 spiro atoms. The molecular weight excluding hydrogens is 266 g/mol. The number of aryl methyl sites for hydroxylation is 1. The number of nitrogens with zero attached hydrogens (tertiary/aromatic N) is 3. The molecule has 0 atom stereocenters. The minimum absolute atomic E-state index is 0.217. The monoisotopic (exact) mass is 287 g/mol. The number of amides is 1. The fraction of sp³-hybridized carbons (Fsp3) is 0.333. The molecule has 6 heteroatoms. The quantitative estimate of drug-likeness (QED) is 0.727. The van der Waals surface area contributed by atoms with Gasteiger partial charge in [-0.3, -0.25) is 14.4 Å². The highest BCUT2D eigenvalue weighted by molar-refractivity contribution is 5.75. The van der Waals surface area contributed by atoms with E-state index in [1.165, 1.54) is 0 Å². The fourth-order valence-electron chi connectivity index (χ4n) is 2.24. The first-order valence-electron chi connectivity index (χ1n) is 6.86. The summed E-state index contributed by atoms with van der Waals surface area (Å²) >= 11 is 0. The second-order valence-corrected chi connectivity index (χ2v) is 5.15. The van der Waals surface area contributed by atoms with Gasteiger partial charge < -0.3 is 11.5 Å². The molecule has 0 saturated carbocycles. The topological polar surface area (TPSA) is 90.2 Å². The highest BCUT2D eigenvalue weighted by atomic mass is 16.1. The van der Waals surface area contributed by atoms with Crippen molar-refractivity contribution in [1.82, 2.24) is 14.7 Å². The van der Waals surface area contributed by atoms with Crippen molar-refractivity contribution in [1.29, 1.82) is 0 Å². The smallest absolute Gasteiger partial charge is 0.231 e. The van der Waals surface area contributed by atoms with Crippen molar-refractivity contribution >= 4 is 11.6 Å². The fourth-order valence-corrected chi connectivity index (χ4v) is 2.24. The molecule has 0 aliphatic carbocycles. The summed E-state index contributed by atoms with van der Waals surface area (Å²) in [5.74, 6) is -0.337. The third-order valence-corrected chi connectivity index (χ3v) is 3.30. The van der Waals surface area contributed by atoms with Crippen molar-refractivity contribution < 1.29 is 4.79 Å². The van der Waals surface area contributed by atoms with Crippen LogP contribution in [0, 0.1) is 0 Å². The summed E-state index contributed by atoms with van der Waals surface area (Å²) in [7, 11) is 1.88. The number of anilines is 1. The molecule has 4 N–H and O–H groups in total. The molecule has 0 bridgehead atoms. The molecule has 1 aromatic carbocycles. The molecule has 0 aliphatic heterocycles. The summed E-state index contributed by atoms with van der Waals surface area (Å²) in [5.41, 5.74) is 14.2. The maximum atomic E-state index is 11.2.